The minimum Gasteiger partial charge on any atom is -0.378 e. The van der Waals surface area contributed by atoms with Crippen LogP contribution < -0.4 is 10.6 Å². The van der Waals surface area contributed by atoms with Crippen molar-refractivity contribution in [2.75, 3.05) is 23.7 Å². The maximum atomic E-state index is 12.7. The molecule has 1 unspecified atom stereocenters. The van der Waals surface area contributed by atoms with Gasteiger partial charge in [-0.1, -0.05) is 35.9 Å². The van der Waals surface area contributed by atoms with Crippen molar-refractivity contribution in [3.63, 3.8) is 0 Å². The van der Waals surface area contributed by atoms with Crippen LogP contribution in [0.2, 0.25) is 5.02 Å². The highest BCUT2D eigenvalue weighted by Gasteiger charge is 2.45. The molecule has 0 aromatic heterocycles. The number of anilines is 2. The van der Waals surface area contributed by atoms with Crippen molar-refractivity contribution in [3.05, 3.63) is 59.1 Å². The minimum atomic E-state index is -1.23. The van der Waals surface area contributed by atoms with E-state index in [4.69, 9.17) is 11.6 Å². The number of benzene rings is 2. The summed E-state index contributed by atoms with van der Waals surface area (Å²) in [6.45, 7) is 0.790. The molecule has 140 valence electrons. The number of fused-ring (bicyclic) bond motifs is 1. The first-order chi connectivity index (χ1) is 13.0. The van der Waals surface area contributed by atoms with Gasteiger partial charge in [-0.05, 0) is 42.7 Å². The van der Waals surface area contributed by atoms with Crippen molar-refractivity contribution in [1.29, 1.82) is 0 Å². The smallest absolute Gasteiger partial charge is 0.256 e. The number of aliphatic hydroxyl groups excluding tert-OH is 1. The van der Waals surface area contributed by atoms with Crippen molar-refractivity contribution in [2.24, 2.45) is 0 Å². The average Bonchev–Trinajstić information content (AvgIpc) is 2.69. The van der Waals surface area contributed by atoms with Crippen molar-refractivity contribution in [1.82, 2.24) is 4.90 Å². The van der Waals surface area contributed by atoms with Gasteiger partial charge in [0.2, 0.25) is 5.91 Å². The first-order valence-electron chi connectivity index (χ1n) is 8.89. The Hall–Kier alpha value is -2.57. The van der Waals surface area contributed by atoms with E-state index < -0.39 is 11.6 Å². The molecule has 7 heteroatoms. The van der Waals surface area contributed by atoms with E-state index in [-0.39, 0.29) is 11.8 Å². The SMILES string of the molecule is O=C(C(O)c1ccc(Cl)cc1)N1CCC2(CC1)Nc1ccccc1NC2=O. The summed E-state index contributed by atoms with van der Waals surface area (Å²) in [5.74, 6) is -0.435. The number of hydrogen-bond acceptors (Lipinski definition) is 4. The van der Waals surface area contributed by atoms with E-state index in [0.29, 0.717) is 36.5 Å². The number of likely N-dealkylation sites (tertiary alicyclic amines) is 1. The Morgan fingerprint density at radius 2 is 1.70 bits per heavy atom. The predicted molar refractivity (Wildman–Crippen MR) is 104 cm³/mol. The second kappa shape index (κ2) is 6.87. The van der Waals surface area contributed by atoms with Gasteiger partial charge >= 0.3 is 0 Å². The average molecular weight is 386 g/mol. The summed E-state index contributed by atoms with van der Waals surface area (Å²) in [4.78, 5) is 26.9. The van der Waals surface area contributed by atoms with Crippen molar-refractivity contribution >= 4 is 34.8 Å². The second-order valence-electron chi connectivity index (χ2n) is 6.99. The zero-order valence-electron chi connectivity index (χ0n) is 14.6. The van der Waals surface area contributed by atoms with Crippen LogP contribution in [0.4, 0.5) is 11.4 Å². The van der Waals surface area contributed by atoms with Gasteiger partial charge in [0.1, 0.15) is 5.54 Å². The Bertz CT molecular complexity index is 876. The molecule has 0 saturated carbocycles. The molecule has 2 amide bonds. The number of amides is 2. The van der Waals surface area contributed by atoms with Gasteiger partial charge in [-0.3, -0.25) is 9.59 Å². The fraction of sp³-hybridized carbons (Fsp3) is 0.300. The lowest BCUT2D eigenvalue weighted by Gasteiger charge is -2.44. The Morgan fingerprint density at radius 3 is 2.37 bits per heavy atom. The third kappa shape index (κ3) is 3.26. The monoisotopic (exact) mass is 385 g/mol. The standard InChI is InChI=1S/C20H20ClN3O3/c21-14-7-5-13(6-8-14)17(25)18(26)24-11-9-20(10-12-24)19(27)22-15-3-1-2-4-16(15)23-20/h1-8,17,23,25H,9-12H2,(H,22,27). The Balaban J connectivity index is 1.45. The highest BCUT2D eigenvalue weighted by atomic mass is 35.5. The normalized spacial score (nSPS) is 19.0. The molecule has 1 saturated heterocycles. The van der Waals surface area contributed by atoms with Crippen molar-refractivity contribution < 1.29 is 14.7 Å². The number of piperidine rings is 1. The number of para-hydroxylation sites is 2. The van der Waals surface area contributed by atoms with Crippen LogP contribution in [0, 0.1) is 0 Å². The third-order valence-corrected chi connectivity index (χ3v) is 5.58. The lowest BCUT2D eigenvalue weighted by Crippen LogP contribution is -2.59. The number of carbonyl (C=O) groups excluding carboxylic acids is 2. The molecule has 6 nitrogen and oxygen atoms in total. The van der Waals surface area contributed by atoms with Crippen molar-refractivity contribution in [2.45, 2.75) is 24.5 Å². The van der Waals surface area contributed by atoms with E-state index >= 15 is 0 Å². The number of nitrogens with one attached hydrogen (secondary N) is 2. The summed E-state index contributed by atoms with van der Waals surface area (Å²) in [5.41, 5.74) is 1.44. The fourth-order valence-corrected chi connectivity index (χ4v) is 3.81. The molecule has 1 atom stereocenters. The second-order valence-corrected chi connectivity index (χ2v) is 7.42. The van der Waals surface area contributed by atoms with Crippen LogP contribution >= 0.6 is 11.6 Å². The molecule has 2 aromatic rings. The fourth-order valence-electron chi connectivity index (χ4n) is 3.68. The molecule has 1 fully saturated rings. The Morgan fingerprint density at radius 1 is 1.07 bits per heavy atom. The maximum Gasteiger partial charge on any atom is 0.256 e. The van der Waals surface area contributed by atoms with Gasteiger partial charge in [-0.15, -0.1) is 0 Å². The molecule has 2 aromatic carbocycles. The quantitative estimate of drug-likeness (QED) is 0.742. The molecular weight excluding hydrogens is 366 g/mol. The van der Waals surface area contributed by atoms with Gasteiger partial charge in [0.25, 0.3) is 5.91 Å². The lowest BCUT2D eigenvalue weighted by atomic mass is 9.84. The molecule has 27 heavy (non-hydrogen) atoms. The van der Waals surface area contributed by atoms with E-state index in [9.17, 15) is 14.7 Å². The number of rotatable bonds is 2. The highest BCUT2D eigenvalue weighted by Crippen LogP contribution is 2.36. The summed E-state index contributed by atoms with van der Waals surface area (Å²) >= 11 is 5.86. The summed E-state index contributed by atoms with van der Waals surface area (Å²) in [6.07, 6.45) is -0.274. The number of nitrogens with zero attached hydrogens (tertiary/aromatic N) is 1. The summed E-state index contributed by atoms with van der Waals surface area (Å²) in [5, 5.41) is 17.2. The molecule has 2 aliphatic heterocycles. The maximum absolute atomic E-state index is 12.7. The van der Waals surface area contributed by atoms with Crippen molar-refractivity contribution in [3.8, 4) is 0 Å². The highest BCUT2D eigenvalue weighted by molar-refractivity contribution is 6.30. The van der Waals surface area contributed by atoms with E-state index in [1.54, 1.807) is 29.2 Å². The van der Waals surface area contributed by atoms with E-state index in [2.05, 4.69) is 10.6 Å². The molecule has 0 bridgehead atoms. The van der Waals surface area contributed by atoms with Gasteiger partial charge in [-0.2, -0.15) is 0 Å². The topological polar surface area (TPSA) is 81.7 Å². The summed E-state index contributed by atoms with van der Waals surface area (Å²) < 4.78 is 0. The van der Waals surface area contributed by atoms with Crippen LogP contribution in [0.5, 0.6) is 0 Å². The Labute approximate surface area is 162 Å². The molecule has 2 heterocycles. The molecule has 3 N–H and O–H groups in total. The van der Waals surface area contributed by atoms with Crippen LogP contribution in [0.1, 0.15) is 24.5 Å². The number of halogens is 1. The third-order valence-electron chi connectivity index (χ3n) is 5.33. The van der Waals surface area contributed by atoms with Crippen LogP contribution in [-0.2, 0) is 9.59 Å². The Kier molecular flexibility index (Phi) is 4.53. The first-order valence-corrected chi connectivity index (χ1v) is 9.27. The molecule has 4 rings (SSSR count). The minimum absolute atomic E-state index is 0.0773. The summed E-state index contributed by atoms with van der Waals surface area (Å²) in [6, 6.07) is 14.1. The molecule has 0 radical (unpaired) electrons. The van der Waals surface area contributed by atoms with Gasteiger partial charge in [0.15, 0.2) is 6.10 Å². The number of hydrogen-bond donors (Lipinski definition) is 3. The number of aliphatic hydroxyl groups is 1. The van der Waals surface area contributed by atoms with Crippen LogP contribution in [0.25, 0.3) is 0 Å². The van der Waals surface area contributed by atoms with Crippen LogP contribution in [-0.4, -0.2) is 40.4 Å². The molecule has 2 aliphatic rings. The molecule has 0 aliphatic carbocycles. The molecular formula is C20H20ClN3O3. The van der Waals surface area contributed by atoms with Gasteiger partial charge < -0.3 is 20.6 Å². The van der Waals surface area contributed by atoms with Crippen LogP contribution in [0.15, 0.2) is 48.5 Å². The van der Waals surface area contributed by atoms with Gasteiger partial charge in [-0.25, -0.2) is 0 Å². The van der Waals surface area contributed by atoms with E-state index in [0.717, 1.165) is 11.4 Å². The van der Waals surface area contributed by atoms with Crippen LogP contribution in [0.3, 0.4) is 0 Å². The lowest BCUT2D eigenvalue weighted by molar-refractivity contribution is -0.143. The van der Waals surface area contributed by atoms with E-state index in [1.165, 1.54) is 0 Å². The first kappa shape index (κ1) is 17.8. The molecule has 1 spiro atoms. The zero-order valence-corrected chi connectivity index (χ0v) is 15.4. The van der Waals surface area contributed by atoms with E-state index in [1.807, 2.05) is 24.3 Å². The summed E-state index contributed by atoms with van der Waals surface area (Å²) in [7, 11) is 0. The van der Waals surface area contributed by atoms with Gasteiger partial charge in [0.05, 0.1) is 11.4 Å². The largest absolute Gasteiger partial charge is 0.378 e. The zero-order chi connectivity index (χ0) is 19.0. The predicted octanol–water partition coefficient (Wildman–Crippen LogP) is 2.80. The van der Waals surface area contributed by atoms with Gasteiger partial charge in [0, 0.05) is 18.1 Å². The number of carbonyl (C=O) groups is 2.